The van der Waals surface area contributed by atoms with E-state index < -0.39 is 0 Å². The van der Waals surface area contributed by atoms with Crippen LogP contribution in [0.3, 0.4) is 0 Å². The maximum Gasteiger partial charge on any atom is 0.253 e. The minimum Gasteiger partial charge on any atom is -0.385 e. The van der Waals surface area contributed by atoms with Gasteiger partial charge in [0.25, 0.3) is 5.91 Å². The van der Waals surface area contributed by atoms with Crippen molar-refractivity contribution < 1.29 is 4.79 Å². The predicted molar refractivity (Wildman–Crippen MR) is 84.5 cm³/mol. The second-order valence-electron chi connectivity index (χ2n) is 4.96. The van der Waals surface area contributed by atoms with E-state index >= 15 is 0 Å². The van der Waals surface area contributed by atoms with Crippen molar-refractivity contribution in [3.8, 4) is 0 Å². The third-order valence-electron chi connectivity index (χ3n) is 3.20. The van der Waals surface area contributed by atoms with Crippen LogP contribution in [0.5, 0.6) is 0 Å². The van der Waals surface area contributed by atoms with E-state index in [0.29, 0.717) is 12.1 Å². The van der Waals surface area contributed by atoms with Gasteiger partial charge in [0, 0.05) is 37.7 Å². The summed E-state index contributed by atoms with van der Waals surface area (Å²) >= 11 is 0. The van der Waals surface area contributed by atoms with Crippen LogP contribution >= 0.6 is 0 Å². The molecule has 21 heavy (non-hydrogen) atoms. The molecule has 0 saturated carbocycles. The van der Waals surface area contributed by atoms with E-state index in [4.69, 9.17) is 0 Å². The molecular weight excluding hydrogens is 264 g/mol. The fourth-order valence-electron chi connectivity index (χ4n) is 2.16. The molecule has 0 atom stereocenters. The number of aromatic nitrogens is 2. The molecule has 0 fully saturated rings. The first kappa shape index (κ1) is 15.1. The quantitative estimate of drug-likeness (QED) is 0.769. The first-order valence-electron chi connectivity index (χ1n) is 7.31. The van der Waals surface area contributed by atoms with Crippen LogP contribution in [0.25, 0.3) is 0 Å². The average Bonchev–Trinajstić information content (AvgIpc) is 2.97. The molecule has 1 amide bonds. The normalized spacial score (nSPS) is 10.4. The average molecular weight is 286 g/mol. The van der Waals surface area contributed by atoms with E-state index in [9.17, 15) is 4.79 Å². The van der Waals surface area contributed by atoms with Gasteiger partial charge in [-0.3, -0.25) is 9.48 Å². The van der Waals surface area contributed by atoms with Crippen molar-refractivity contribution in [2.45, 2.75) is 26.8 Å². The van der Waals surface area contributed by atoms with Gasteiger partial charge < -0.3 is 10.6 Å². The predicted octanol–water partition coefficient (Wildman–Crippen LogP) is 2.44. The van der Waals surface area contributed by atoms with Crippen molar-refractivity contribution in [1.29, 1.82) is 0 Å². The molecular formula is C16H22N4O. The van der Waals surface area contributed by atoms with Crippen molar-refractivity contribution in [2.24, 2.45) is 0 Å². The van der Waals surface area contributed by atoms with Gasteiger partial charge in [-0.1, -0.05) is 6.07 Å². The molecule has 0 bridgehead atoms. The third kappa shape index (κ3) is 4.34. The summed E-state index contributed by atoms with van der Waals surface area (Å²) in [6.45, 7) is 6.28. The lowest BCUT2D eigenvalue weighted by atomic mass is 10.1. The van der Waals surface area contributed by atoms with Gasteiger partial charge in [0.15, 0.2) is 0 Å². The van der Waals surface area contributed by atoms with Gasteiger partial charge in [-0.15, -0.1) is 0 Å². The van der Waals surface area contributed by atoms with Gasteiger partial charge >= 0.3 is 0 Å². The van der Waals surface area contributed by atoms with E-state index in [1.165, 1.54) is 0 Å². The second kappa shape index (κ2) is 7.47. The van der Waals surface area contributed by atoms with Crippen LogP contribution in [0.1, 0.15) is 29.3 Å². The fraction of sp³-hybridized carbons (Fsp3) is 0.375. The molecule has 0 spiro atoms. The Morgan fingerprint density at radius 2 is 2.24 bits per heavy atom. The Kier molecular flexibility index (Phi) is 5.37. The fourth-order valence-corrected chi connectivity index (χ4v) is 2.16. The number of amides is 1. The molecule has 1 heterocycles. The smallest absolute Gasteiger partial charge is 0.253 e. The lowest BCUT2D eigenvalue weighted by molar-refractivity contribution is 0.0953. The summed E-state index contributed by atoms with van der Waals surface area (Å²) in [4.78, 5) is 12.2. The van der Waals surface area contributed by atoms with Crippen LogP contribution in [0, 0.1) is 6.92 Å². The Morgan fingerprint density at radius 1 is 1.38 bits per heavy atom. The highest BCUT2D eigenvalue weighted by Gasteiger charge is 2.10. The summed E-state index contributed by atoms with van der Waals surface area (Å²) in [5, 5.41) is 10.3. The Bertz CT molecular complexity index is 578. The molecule has 2 N–H and O–H groups in total. The van der Waals surface area contributed by atoms with Crippen LogP contribution < -0.4 is 10.6 Å². The highest BCUT2D eigenvalue weighted by atomic mass is 16.1. The standard InChI is InChI=1S/C16H22N4O/c1-3-17-15-12-13(2)6-7-14(15)16(21)18-8-4-10-20-11-5-9-19-20/h5-7,9,11-12,17H,3-4,8,10H2,1-2H3,(H,18,21). The number of carbonyl (C=O) groups is 1. The number of nitrogens with zero attached hydrogens (tertiary/aromatic N) is 2. The minimum atomic E-state index is -0.0357. The summed E-state index contributed by atoms with van der Waals surface area (Å²) in [7, 11) is 0. The molecule has 0 aliphatic carbocycles. The molecule has 5 nitrogen and oxygen atoms in total. The molecule has 0 aliphatic heterocycles. The van der Waals surface area contributed by atoms with E-state index in [1.54, 1.807) is 6.20 Å². The zero-order valence-electron chi connectivity index (χ0n) is 12.6. The van der Waals surface area contributed by atoms with Gasteiger partial charge in [0.2, 0.25) is 0 Å². The van der Waals surface area contributed by atoms with Gasteiger partial charge in [-0.25, -0.2) is 0 Å². The Hall–Kier alpha value is -2.30. The van der Waals surface area contributed by atoms with Crippen LogP contribution in [0.15, 0.2) is 36.7 Å². The summed E-state index contributed by atoms with van der Waals surface area (Å²) < 4.78 is 1.86. The number of benzene rings is 1. The summed E-state index contributed by atoms with van der Waals surface area (Å²) in [5.41, 5.74) is 2.73. The van der Waals surface area contributed by atoms with Crippen LogP contribution in [0.2, 0.25) is 0 Å². The molecule has 2 rings (SSSR count). The Labute approximate surface area is 125 Å². The number of aryl methyl sites for hydroxylation is 2. The molecule has 5 heteroatoms. The highest BCUT2D eigenvalue weighted by molar-refractivity contribution is 5.99. The number of rotatable bonds is 7. The number of hydrogen-bond acceptors (Lipinski definition) is 3. The highest BCUT2D eigenvalue weighted by Crippen LogP contribution is 2.17. The molecule has 0 radical (unpaired) electrons. The zero-order chi connectivity index (χ0) is 15.1. The lowest BCUT2D eigenvalue weighted by Crippen LogP contribution is -2.26. The van der Waals surface area contributed by atoms with Crippen molar-refractivity contribution in [3.05, 3.63) is 47.8 Å². The number of nitrogens with one attached hydrogen (secondary N) is 2. The second-order valence-corrected chi connectivity index (χ2v) is 4.96. The topological polar surface area (TPSA) is 59.0 Å². The molecule has 0 aliphatic rings. The number of hydrogen-bond donors (Lipinski definition) is 2. The third-order valence-corrected chi connectivity index (χ3v) is 3.20. The van der Waals surface area contributed by atoms with E-state index in [1.807, 2.05) is 49.0 Å². The first-order chi connectivity index (χ1) is 10.2. The summed E-state index contributed by atoms with van der Waals surface area (Å²) in [5.74, 6) is -0.0357. The van der Waals surface area contributed by atoms with Crippen LogP contribution in [0.4, 0.5) is 5.69 Å². The van der Waals surface area contributed by atoms with Crippen LogP contribution in [-0.4, -0.2) is 28.8 Å². The number of anilines is 1. The largest absolute Gasteiger partial charge is 0.385 e. The van der Waals surface area contributed by atoms with Gasteiger partial charge in [-0.05, 0) is 44.0 Å². The molecule has 1 aromatic heterocycles. The summed E-state index contributed by atoms with van der Waals surface area (Å²) in [6.07, 6.45) is 4.54. The van der Waals surface area contributed by atoms with Crippen molar-refractivity contribution in [1.82, 2.24) is 15.1 Å². The van der Waals surface area contributed by atoms with Crippen molar-refractivity contribution in [3.63, 3.8) is 0 Å². The zero-order valence-corrected chi connectivity index (χ0v) is 12.6. The maximum atomic E-state index is 12.2. The lowest BCUT2D eigenvalue weighted by Gasteiger charge is -2.12. The molecule has 1 aromatic carbocycles. The van der Waals surface area contributed by atoms with E-state index in [0.717, 1.165) is 30.8 Å². The van der Waals surface area contributed by atoms with Gasteiger partial charge in [-0.2, -0.15) is 5.10 Å². The number of carbonyl (C=O) groups excluding carboxylic acids is 1. The van der Waals surface area contributed by atoms with E-state index in [-0.39, 0.29) is 5.91 Å². The van der Waals surface area contributed by atoms with E-state index in [2.05, 4.69) is 15.7 Å². The van der Waals surface area contributed by atoms with Crippen LogP contribution in [-0.2, 0) is 6.54 Å². The molecule has 0 unspecified atom stereocenters. The van der Waals surface area contributed by atoms with Crippen molar-refractivity contribution in [2.75, 3.05) is 18.4 Å². The Morgan fingerprint density at radius 3 is 2.95 bits per heavy atom. The Balaban J connectivity index is 1.87. The maximum absolute atomic E-state index is 12.2. The molecule has 2 aromatic rings. The van der Waals surface area contributed by atoms with Gasteiger partial charge in [0.05, 0.1) is 5.56 Å². The minimum absolute atomic E-state index is 0.0357. The monoisotopic (exact) mass is 286 g/mol. The summed E-state index contributed by atoms with van der Waals surface area (Å²) in [6, 6.07) is 7.73. The van der Waals surface area contributed by atoms with Gasteiger partial charge in [0.1, 0.15) is 0 Å². The van der Waals surface area contributed by atoms with Crippen molar-refractivity contribution >= 4 is 11.6 Å². The SMILES string of the molecule is CCNc1cc(C)ccc1C(=O)NCCCn1cccn1. The molecule has 0 saturated heterocycles. The first-order valence-corrected chi connectivity index (χ1v) is 7.31. The molecule has 112 valence electrons.